The number of likely N-dealkylation sites (tertiary alicyclic amines) is 1. The molecular weight excluding hydrogens is 332 g/mol. The van der Waals surface area contributed by atoms with Crippen molar-refractivity contribution in [3.63, 3.8) is 0 Å². The highest BCUT2D eigenvalue weighted by Crippen LogP contribution is 2.21. The quantitative estimate of drug-likeness (QED) is 0.328. The van der Waals surface area contributed by atoms with E-state index in [1.165, 1.54) is 11.0 Å². The SMILES string of the molecule is NC(=O)C1CCN(C(=O)COC(=O)c2ccc([N+](=O)[O-])cc2N)CC1. The van der Waals surface area contributed by atoms with Crippen LogP contribution in [-0.2, 0) is 14.3 Å². The Kier molecular flexibility index (Phi) is 5.52. The van der Waals surface area contributed by atoms with E-state index in [2.05, 4.69) is 0 Å². The minimum absolute atomic E-state index is 0.0502. The third-order valence-electron chi connectivity index (χ3n) is 4.04. The number of nitro groups is 1. The lowest BCUT2D eigenvalue weighted by Gasteiger charge is -2.30. The first kappa shape index (κ1) is 18.2. The first-order chi connectivity index (χ1) is 11.8. The number of ether oxygens (including phenoxy) is 1. The van der Waals surface area contributed by atoms with Crippen LogP contribution < -0.4 is 11.5 Å². The molecule has 2 rings (SSSR count). The van der Waals surface area contributed by atoms with Gasteiger partial charge in [0.15, 0.2) is 6.61 Å². The van der Waals surface area contributed by atoms with Crippen LogP contribution in [0.2, 0.25) is 0 Å². The van der Waals surface area contributed by atoms with E-state index < -0.39 is 23.4 Å². The summed E-state index contributed by atoms with van der Waals surface area (Å²) in [6, 6.07) is 3.36. The van der Waals surface area contributed by atoms with Gasteiger partial charge in [-0.3, -0.25) is 19.7 Å². The van der Waals surface area contributed by atoms with Crippen LogP contribution in [0.4, 0.5) is 11.4 Å². The summed E-state index contributed by atoms with van der Waals surface area (Å²) >= 11 is 0. The molecule has 1 aliphatic rings. The predicted molar refractivity (Wildman–Crippen MR) is 86.3 cm³/mol. The molecule has 1 aliphatic heterocycles. The fourth-order valence-corrected chi connectivity index (χ4v) is 2.56. The monoisotopic (exact) mass is 350 g/mol. The number of nitro benzene ring substituents is 1. The molecule has 0 atom stereocenters. The smallest absolute Gasteiger partial charge is 0.340 e. The summed E-state index contributed by atoms with van der Waals surface area (Å²) < 4.78 is 4.93. The Morgan fingerprint density at radius 3 is 2.44 bits per heavy atom. The highest BCUT2D eigenvalue weighted by molar-refractivity contribution is 5.96. The maximum atomic E-state index is 12.1. The molecule has 0 unspecified atom stereocenters. The highest BCUT2D eigenvalue weighted by atomic mass is 16.6. The van der Waals surface area contributed by atoms with E-state index in [0.29, 0.717) is 25.9 Å². The van der Waals surface area contributed by atoms with Crippen molar-refractivity contribution in [2.45, 2.75) is 12.8 Å². The molecule has 0 aromatic heterocycles. The number of amides is 2. The summed E-state index contributed by atoms with van der Waals surface area (Å²) in [4.78, 5) is 46.6. The molecule has 0 saturated carbocycles. The molecule has 4 N–H and O–H groups in total. The number of primary amides is 1. The zero-order chi connectivity index (χ0) is 18.6. The van der Waals surface area contributed by atoms with Gasteiger partial charge in [0.25, 0.3) is 11.6 Å². The van der Waals surface area contributed by atoms with Gasteiger partial charge in [0, 0.05) is 31.1 Å². The van der Waals surface area contributed by atoms with Crippen molar-refractivity contribution in [1.82, 2.24) is 4.90 Å². The first-order valence-corrected chi connectivity index (χ1v) is 7.57. The standard InChI is InChI=1S/C15H18N4O6/c16-12-7-10(19(23)24)1-2-11(12)15(22)25-8-13(20)18-5-3-9(4-6-18)14(17)21/h1-2,7,9H,3-6,8,16H2,(H2,17,21). The summed E-state index contributed by atoms with van der Waals surface area (Å²) in [6.45, 7) is 0.254. The first-order valence-electron chi connectivity index (χ1n) is 7.57. The van der Waals surface area contributed by atoms with Gasteiger partial charge in [-0.25, -0.2) is 4.79 Å². The van der Waals surface area contributed by atoms with Gasteiger partial charge in [-0.2, -0.15) is 0 Å². The minimum atomic E-state index is -0.840. The molecule has 0 spiro atoms. The van der Waals surface area contributed by atoms with Crippen molar-refractivity contribution < 1.29 is 24.0 Å². The minimum Gasteiger partial charge on any atom is -0.452 e. The normalized spacial score (nSPS) is 14.8. The van der Waals surface area contributed by atoms with Crippen molar-refractivity contribution in [3.05, 3.63) is 33.9 Å². The lowest BCUT2D eigenvalue weighted by atomic mass is 9.96. The second-order valence-electron chi connectivity index (χ2n) is 5.66. The number of non-ortho nitro benzene ring substituents is 1. The molecule has 0 aliphatic carbocycles. The van der Waals surface area contributed by atoms with Gasteiger partial charge in [-0.05, 0) is 18.9 Å². The molecule has 10 nitrogen and oxygen atoms in total. The fourth-order valence-electron chi connectivity index (χ4n) is 2.56. The number of rotatable bonds is 5. The van der Waals surface area contributed by atoms with Crippen molar-refractivity contribution in [1.29, 1.82) is 0 Å². The van der Waals surface area contributed by atoms with Crippen LogP contribution in [0.25, 0.3) is 0 Å². The topological polar surface area (TPSA) is 159 Å². The molecule has 134 valence electrons. The fraction of sp³-hybridized carbons (Fsp3) is 0.400. The molecule has 1 aromatic carbocycles. The molecule has 25 heavy (non-hydrogen) atoms. The van der Waals surface area contributed by atoms with Crippen LogP contribution in [0.15, 0.2) is 18.2 Å². The maximum absolute atomic E-state index is 12.1. The maximum Gasteiger partial charge on any atom is 0.340 e. The van der Waals surface area contributed by atoms with E-state index >= 15 is 0 Å². The van der Waals surface area contributed by atoms with E-state index in [1.807, 2.05) is 0 Å². The van der Waals surface area contributed by atoms with Crippen molar-refractivity contribution in [2.75, 3.05) is 25.4 Å². The third-order valence-corrected chi connectivity index (χ3v) is 4.04. The van der Waals surface area contributed by atoms with Gasteiger partial charge >= 0.3 is 5.97 Å². The summed E-state index contributed by atoms with van der Waals surface area (Å²) in [5.41, 5.74) is 10.4. The van der Waals surface area contributed by atoms with Crippen LogP contribution in [0.5, 0.6) is 0 Å². The number of hydrogen-bond acceptors (Lipinski definition) is 7. The number of carbonyl (C=O) groups excluding carboxylic acids is 3. The van der Waals surface area contributed by atoms with Crippen molar-refractivity contribution in [2.24, 2.45) is 11.7 Å². The molecule has 10 heteroatoms. The van der Waals surface area contributed by atoms with Crippen LogP contribution in [0.3, 0.4) is 0 Å². The predicted octanol–water partition coefficient (Wildman–Crippen LogP) is 0.0577. The van der Waals surface area contributed by atoms with Crippen LogP contribution in [-0.4, -0.2) is 47.3 Å². The number of hydrogen-bond donors (Lipinski definition) is 2. The number of esters is 1. The second kappa shape index (κ2) is 7.60. The second-order valence-corrected chi connectivity index (χ2v) is 5.66. The molecule has 1 fully saturated rings. The number of piperidine rings is 1. The lowest BCUT2D eigenvalue weighted by Crippen LogP contribution is -2.43. The van der Waals surface area contributed by atoms with E-state index in [-0.39, 0.29) is 28.8 Å². The average molecular weight is 350 g/mol. The Bertz CT molecular complexity index is 712. The molecule has 0 bridgehead atoms. The summed E-state index contributed by atoms with van der Waals surface area (Å²) in [7, 11) is 0. The Morgan fingerprint density at radius 2 is 1.92 bits per heavy atom. The molecule has 1 heterocycles. The van der Waals surface area contributed by atoms with Crippen LogP contribution in [0.1, 0.15) is 23.2 Å². The van der Waals surface area contributed by atoms with Crippen molar-refractivity contribution >= 4 is 29.2 Å². The Labute approximate surface area is 142 Å². The zero-order valence-corrected chi connectivity index (χ0v) is 13.3. The van der Waals surface area contributed by atoms with Crippen LogP contribution >= 0.6 is 0 Å². The Morgan fingerprint density at radius 1 is 1.28 bits per heavy atom. The number of nitrogen functional groups attached to an aromatic ring is 1. The van der Waals surface area contributed by atoms with E-state index in [0.717, 1.165) is 12.1 Å². The Hall–Kier alpha value is -3.17. The van der Waals surface area contributed by atoms with Gasteiger partial charge < -0.3 is 21.1 Å². The molecular formula is C15H18N4O6. The van der Waals surface area contributed by atoms with Gasteiger partial charge in [0.2, 0.25) is 5.91 Å². The molecule has 1 aromatic rings. The summed E-state index contributed by atoms with van der Waals surface area (Å²) in [5, 5.41) is 10.6. The van der Waals surface area contributed by atoms with Gasteiger partial charge in [-0.1, -0.05) is 0 Å². The number of anilines is 1. The lowest BCUT2D eigenvalue weighted by molar-refractivity contribution is -0.384. The zero-order valence-electron chi connectivity index (χ0n) is 13.3. The van der Waals surface area contributed by atoms with Gasteiger partial charge in [0.05, 0.1) is 16.2 Å². The third kappa shape index (κ3) is 4.43. The van der Waals surface area contributed by atoms with Crippen molar-refractivity contribution in [3.8, 4) is 0 Å². The largest absolute Gasteiger partial charge is 0.452 e. The number of benzene rings is 1. The molecule has 2 amide bonds. The number of nitrogens with zero attached hydrogens (tertiary/aromatic N) is 2. The average Bonchev–Trinajstić information content (AvgIpc) is 2.59. The van der Waals surface area contributed by atoms with E-state index in [9.17, 15) is 24.5 Å². The molecule has 1 saturated heterocycles. The number of nitrogens with two attached hydrogens (primary N) is 2. The van der Waals surface area contributed by atoms with Gasteiger partial charge in [-0.15, -0.1) is 0 Å². The number of carbonyl (C=O) groups is 3. The van der Waals surface area contributed by atoms with Gasteiger partial charge in [0.1, 0.15) is 0 Å². The summed E-state index contributed by atoms with van der Waals surface area (Å²) in [5.74, 6) is -1.86. The van der Waals surface area contributed by atoms with Crippen LogP contribution in [0, 0.1) is 16.0 Å². The Balaban J connectivity index is 1.89. The summed E-state index contributed by atoms with van der Waals surface area (Å²) in [6.07, 6.45) is 0.953. The van der Waals surface area contributed by atoms with E-state index in [4.69, 9.17) is 16.2 Å². The highest BCUT2D eigenvalue weighted by Gasteiger charge is 2.26. The molecule has 0 radical (unpaired) electrons. The van der Waals surface area contributed by atoms with E-state index in [1.54, 1.807) is 0 Å².